The highest BCUT2D eigenvalue weighted by Crippen LogP contribution is 2.59. The number of hydrogen-bond donors (Lipinski definition) is 3. The van der Waals surface area contributed by atoms with Crippen LogP contribution in [0.3, 0.4) is 0 Å². The molecule has 2 aliphatic rings. The summed E-state index contributed by atoms with van der Waals surface area (Å²) in [6.07, 6.45) is 5.73. The van der Waals surface area contributed by atoms with Crippen LogP contribution in [-0.2, 0) is 20.8 Å². The minimum atomic E-state index is -0.368. The van der Waals surface area contributed by atoms with Gasteiger partial charge in [-0.2, -0.15) is 0 Å². The lowest BCUT2D eigenvalue weighted by molar-refractivity contribution is -0.129. The first-order chi connectivity index (χ1) is 13.0. The van der Waals surface area contributed by atoms with Crippen molar-refractivity contribution in [2.24, 2.45) is 11.3 Å². The maximum Gasteiger partial charge on any atom is 0.239 e. The Bertz CT molecular complexity index is 681. The van der Waals surface area contributed by atoms with Gasteiger partial charge in [-0.1, -0.05) is 46.3 Å². The van der Waals surface area contributed by atoms with E-state index in [1.807, 2.05) is 6.07 Å². The molecule has 1 aromatic rings. The van der Waals surface area contributed by atoms with Gasteiger partial charge < -0.3 is 16.0 Å². The zero-order chi connectivity index (χ0) is 19.3. The van der Waals surface area contributed by atoms with E-state index in [2.05, 4.69) is 56.1 Å². The van der Waals surface area contributed by atoms with Crippen molar-refractivity contribution >= 4 is 33.7 Å². The second kappa shape index (κ2) is 8.87. The van der Waals surface area contributed by atoms with Crippen molar-refractivity contribution in [3.05, 3.63) is 35.9 Å². The smallest absolute Gasteiger partial charge is 0.239 e. The zero-order valence-corrected chi connectivity index (χ0v) is 16.9. The molecule has 0 aromatic heterocycles. The van der Waals surface area contributed by atoms with E-state index in [1.54, 1.807) is 0 Å². The average Bonchev–Trinajstić information content (AvgIpc) is 2.61. The summed E-state index contributed by atoms with van der Waals surface area (Å²) in [5.74, 6) is -0.0408. The lowest BCUT2D eigenvalue weighted by Crippen LogP contribution is -2.57. The van der Waals surface area contributed by atoms with Crippen molar-refractivity contribution in [2.75, 3.05) is 18.4 Å². The Labute approximate surface area is 168 Å². The third-order valence-corrected chi connectivity index (χ3v) is 6.06. The van der Waals surface area contributed by atoms with Gasteiger partial charge in [0.1, 0.15) is 0 Å². The lowest BCUT2D eigenvalue weighted by Gasteiger charge is -2.58. The summed E-state index contributed by atoms with van der Waals surface area (Å²) >= 11 is 3.00. The van der Waals surface area contributed by atoms with Gasteiger partial charge >= 0.3 is 0 Å². The number of nitrogens with one attached hydrogen (secondary N) is 3. The van der Waals surface area contributed by atoms with E-state index in [0.717, 1.165) is 25.2 Å². The summed E-state index contributed by atoms with van der Waals surface area (Å²) in [4.78, 5) is 34.6. The maximum absolute atomic E-state index is 11.9. The van der Waals surface area contributed by atoms with Crippen LogP contribution < -0.4 is 16.0 Å². The van der Waals surface area contributed by atoms with Crippen molar-refractivity contribution in [1.29, 1.82) is 0 Å². The molecule has 0 saturated heterocycles. The van der Waals surface area contributed by atoms with E-state index in [9.17, 15) is 14.4 Å². The molecule has 2 aliphatic carbocycles. The van der Waals surface area contributed by atoms with Gasteiger partial charge in [0.15, 0.2) is 0 Å². The number of carbonyl (C=O) groups is 3. The first kappa shape index (κ1) is 19.9. The number of halogens is 1. The van der Waals surface area contributed by atoms with E-state index >= 15 is 0 Å². The third-order valence-electron chi connectivity index (χ3n) is 5.55. The Balaban J connectivity index is 1.27. The molecule has 0 unspecified atom stereocenters. The molecule has 1 spiro atoms. The van der Waals surface area contributed by atoms with Gasteiger partial charge in [0, 0.05) is 6.04 Å². The first-order valence-electron chi connectivity index (χ1n) is 9.41. The van der Waals surface area contributed by atoms with Crippen LogP contribution >= 0.6 is 15.9 Å². The van der Waals surface area contributed by atoms with Gasteiger partial charge in [0.2, 0.25) is 17.7 Å². The normalized spacial score (nSPS) is 25.8. The highest BCUT2D eigenvalue weighted by Gasteiger charge is 2.52. The Morgan fingerprint density at radius 1 is 0.926 bits per heavy atom. The number of carbonyl (C=O) groups excluding carboxylic acids is 3. The third kappa shape index (κ3) is 5.54. The molecular weight excluding hydrogens is 410 g/mol. The van der Waals surface area contributed by atoms with Gasteiger partial charge in [0.05, 0.1) is 18.4 Å². The highest BCUT2D eigenvalue weighted by atomic mass is 79.9. The van der Waals surface area contributed by atoms with E-state index in [1.165, 1.54) is 18.4 Å². The molecule has 0 aliphatic heterocycles. The molecule has 146 valence electrons. The minimum absolute atomic E-state index is 0.0524. The zero-order valence-electron chi connectivity index (χ0n) is 15.3. The summed E-state index contributed by atoms with van der Waals surface area (Å²) in [6.45, 7) is -0.170. The summed E-state index contributed by atoms with van der Waals surface area (Å²) in [5, 5.41) is 8.09. The Morgan fingerprint density at radius 3 is 2.22 bits per heavy atom. The fourth-order valence-corrected chi connectivity index (χ4v) is 4.62. The van der Waals surface area contributed by atoms with Crippen LogP contribution in [-0.4, -0.2) is 42.2 Å². The topological polar surface area (TPSA) is 87.3 Å². The van der Waals surface area contributed by atoms with Crippen molar-refractivity contribution in [3.63, 3.8) is 0 Å². The fraction of sp³-hybridized carbons (Fsp3) is 0.550. The highest BCUT2D eigenvalue weighted by molar-refractivity contribution is 9.09. The molecule has 7 heteroatoms. The Morgan fingerprint density at radius 2 is 1.56 bits per heavy atom. The van der Waals surface area contributed by atoms with Gasteiger partial charge in [0.25, 0.3) is 0 Å². The second-order valence-electron chi connectivity index (χ2n) is 7.82. The first-order valence-corrected chi connectivity index (χ1v) is 10.5. The molecule has 3 N–H and O–H groups in total. The van der Waals surface area contributed by atoms with Gasteiger partial charge in [-0.05, 0) is 49.0 Å². The predicted octanol–water partition coefficient (Wildman–Crippen LogP) is 1.53. The average molecular weight is 436 g/mol. The summed E-state index contributed by atoms with van der Waals surface area (Å²) in [7, 11) is 0. The van der Waals surface area contributed by atoms with Crippen molar-refractivity contribution in [3.8, 4) is 0 Å². The standard InChI is InChI=1S/C20H26BrN3O3/c21-11-17(25)22-12-18(26)23-13-19(27)24-16-9-20(10-16)7-15(8-20)6-14-4-2-1-3-5-14/h1-5,15-16H,6-13H2,(H,22,25)(H,23,26)(H,24,27). The van der Waals surface area contributed by atoms with Crippen molar-refractivity contribution < 1.29 is 14.4 Å². The molecule has 0 atom stereocenters. The van der Waals surface area contributed by atoms with E-state index in [0.29, 0.717) is 5.41 Å². The number of amides is 3. The van der Waals surface area contributed by atoms with Crippen LogP contribution in [0, 0.1) is 11.3 Å². The van der Waals surface area contributed by atoms with Crippen LogP contribution in [0.4, 0.5) is 0 Å². The second-order valence-corrected chi connectivity index (χ2v) is 8.38. The van der Waals surface area contributed by atoms with Gasteiger partial charge in [-0.15, -0.1) is 0 Å². The number of hydrogen-bond acceptors (Lipinski definition) is 3. The Kier molecular flexibility index (Phi) is 6.52. The summed E-state index contributed by atoms with van der Waals surface area (Å²) < 4.78 is 0. The molecule has 2 fully saturated rings. The summed E-state index contributed by atoms with van der Waals surface area (Å²) in [5.41, 5.74) is 1.84. The molecule has 0 heterocycles. The van der Waals surface area contributed by atoms with Crippen LogP contribution in [0.1, 0.15) is 31.2 Å². The van der Waals surface area contributed by atoms with E-state index in [4.69, 9.17) is 0 Å². The molecule has 2 saturated carbocycles. The van der Waals surface area contributed by atoms with E-state index < -0.39 is 0 Å². The molecule has 0 radical (unpaired) electrons. The minimum Gasteiger partial charge on any atom is -0.352 e. The SMILES string of the molecule is O=C(CBr)NCC(=O)NCC(=O)NC1CC2(CC(Cc3ccccc3)C2)C1. The quantitative estimate of drug-likeness (QED) is 0.541. The van der Waals surface area contributed by atoms with Gasteiger partial charge in [-0.3, -0.25) is 14.4 Å². The van der Waals surface area contributed by atoms with E-state index in [-0.39, 0.29) is 42.2 Å². The predicted molar refractivity (Wildman–Crippen MR) is 106 cm³/mol. The molecule has 1 aromatic carbocycles. The maximum atomic E-state index is 11.9. The Hall–Kier alpha value is -1.89. The largest absolute Gasteiger partial charge is 0.352 e. The number of alkyl halides is 1. The molecular formula is C20H26BrN3O3. The van der Waals surface area contributed by atoms with Crippen LogP contribution in [0.2, 0.25) is 0 Å². The van der Waals surface area contributed by atoms with Crippen LogP contribution in [0.25, 0.3) is 0 Å². The summed E-state index contributed by atoms with van der Waals surface area (Å²) in [6, 6.07) is 10.8. The van der Waals surface area contributed by atoms with Gasteiger partial charge in [-0.25, -0.2) is 0 Å². The lowest BCUT2D eigenvalue weighted by atomic mass is 9.49. The molecule has 3 amide bonds. The van der Waals surface area contributed by atoms with Crippen molar-refractivity contribution in [1.82, 2.24) is 16.0 Å². The monoisotopic (exact) mass is 435 g/mol. The molecule has 6 nitrogen and oxygen atoms in total. The molecule has 27 heavy (non-hydrogen) atoms. The van der Waals surface area contributed by atoms with Crippen LogP contribution in [0.5, 0.6) is 0 Å². The van der Waals surface area contributed by atoms with Crippen LogP contribution in [0.15, 0.2) is 30.3 Å². The fourth-order valence-electron chi connectivity index (χ4n) is 4.42. The molecule has 3 rings (SSSR count). The number of rotatable bonds is 8. The van der Waals surface area contributed by atoms with Crippen molar-refractivity contribution in [2.45, 2.75) is 38.1 Å². The number of benzene rings is 1. The molecule has 0 bridgehead atoms.